The minimum absolute atomic E-state index is 0.101. The van der Waals surface area contributed by atoms with E-state index in [4.69, 9.17) is 4.52 Å². The molecule has 0 spiro atoms. The van der Waals surface area contributed by atoms with Crippen molar-refractivity contribution in [1.82, 2.24) is 20.8 Å². The average molecular weight is 224 g/mol. The van der Waals surface area contributed by atoms with Crippen LogP contribution in [0.5, 0.6) is 0 Å². The fourth-order valence-corrected chi connectivity index (χ4v) is 1.77. The van der Waals surface area contributed by atoms with Gasteiger partial charge in [0, 0.05) is 6.54 Å². The van der Waals surface area contributed by atoms with E-state index in [1.165, 1.54) is 6.42 Å². The van der Waals surface area contributed by atoms with E-state index in [0.29, 0.717) is 12.4 Å². The van der Waals surface area contributed by atoms with Crippen LogP contribution in [0.2, 0.25) is 0 Å². The second-order valence-electron chi connectivity index (χ2n) is 3.82. The molecule has 0 radical (unpaired) electrons. The maximum absolute atomic E-state index is 11.4. The van der Waals surface area contributed by atoms with Crippen molar-refractivity contribution in [2.24, 2.45) is 0 Å². The molecule has 1 saturated heterocycles. The van der Waals surface area contributed by atoms with E-state index in [2.05, 4.69) is 20.8 Å². The number of amides is 1. The van der Waals surface area contributed by atoms with E-state index in [0.717, 1.165) is 19.4 Å². The van der Waals surface area contributed by atoms with Crippen molar-refractivity contribution < 1.29 is 9.32 Å². The maximum Gasteiger partial charge on any atom is 0.292 e. The zero-order valence-corrected chi connectivity index (χ0v) is 9.32. The van der Waals surface area contributed by atoms with Crippen LogP contribution in [0.25, 0.3) is 0 Å². The lowest BCUT2D eigenvalue weighted by molar-refractivity contribution is 0.0942. The molecule has 1 aromatic heterocycles. The van der Waals surface area contributed by atoms with Crippen molar-refractivity contribution in [2.75, 3.05) is 13.1 Å². The van der Waals surface area contributed by atoms with Gasteiger partial charge in [0.15, 0.2) is 0 Å². The van der Waals surface area contributed by atoms with Gasteiger partial charge in [-0.3, -0.25) is 4.79 Å². The van der Waals surface area contributed by atoms with Crippen LogP contribution >= 0.6 is 0 Å². The van der Waals surface area contributed by atoms with Gasteiger partial charge in [0.05, 0.1) is 6.04 Å². The smallest absolute Gasteiger partial charge is 0.292 e. The summed E-state index contributed by atoms with van der Waals surface area (Å²) in [5, 5.41) is 9.60. The van der Waals surface area contributed by atoms with Gasteiger partial charge >= 0.3 is 0 Å². The second kappa shape index (κ2) is 5.07. The fraction of sp³-hybridized carbons (Fsp3) is 0.700. The van der Waals surface area contributed by atoms with Gasteiger partial charge in [-0.2, -0.15) is 4.98 Å². The minimum atomic E-state index is -0.284. The van der Waals surface area contributed by atoms with Gasteiger partial charge < -0.3 is 15.2 Å². The first-order valence-corrected chi connectivity index (χ1v) is 5.66. The van der Waals surface area contributed by atoms with E-state index in [1.54, 1.807) is 0 Å². The summed E-state index contributed by atoms with van der Waals surface area (Å²) < 4.78 is 5.09. The summed E-state index contributed by atoms with van der Waals surface area (Å²) in [6.45, 7) is 3.37. The molecule has 1 aliphatic rings. The Morgan fingerprint density at radius 1 is 1.62 bits per heavy atom. The molecule has 6 nitrogen and oxygen atoms in total. The average Bonchev–Trinajstić information content (AvgIpc) is 2.80. The second-order valence-corrected chi connectivity index (χ2v) is 3.82. The number of piperidine rings is 1. The van der Waals surface area contributed by atoms with Crippen LogP contribution in [0, 0.1) is 0 Å². The Labute approximate surface area is 93.8 Å². The molecule has 6 heteroatoms. The largest absolute Gasteiger partial charge is 0.349 e. The van der Waals surface area contributed by atoms with Gasteiger partial charge in [0.2, 0.25) is 5.89 Å². The van der Waals surface area contributed by atoms with Crippen LogP contribution in [0.1, 0.15) is 48.7 Å². The van der Waals surface area contributed by atoms with Crippen LogP contribution in [-0.2, 0) is 0 Å². The lowest BCUT2D eigenvalue weighted by Crippen LogP contribution is -2.27. The third-order valence-electron chi connectivity index (χ3n) is 2.59. The number of carbonyl (C=O) groups is 1. The number of rotatable bonds is 3. The van der Waals surface area contributed by atoms with E-state index in [1.807, 2.05) is 6.92 Å². The molecular weight excluding hydrogens is 208 g/mol. The molecule has 1 atom stereocenters. The molecule has 0 aromatic carbocycles. The van der Waals surface area contributed by atoms with Crippen molar-refractivity contribution in [2.45, 2.75) is 32.2 Å². The Morgan fingerprint density at radius 2 is 2.50 bits per heavy atom. The van der Waals surface area contributed by atoms with Crippen LogP contribution in [0.3, 0.4) is 0 Å². The lowest BCUT2D eigenvalue weighted by Gasteiger charge is -2.19. The van der Waals surface area contributed by atoms with Gasteiger partial charge in [-0.1, -0.05) is 11.6 Å². The number of carbonyl (C=O) groups excluding carboxylic acids is 1. The summed E-state index contributed by atoms with van der Waals surface area (Å²) in [7, 11) is 0. The number of aromatic nitrogens is 2. The Morgan fingerprint density at radius 3 is 3.19 bits per heavy atom. The lowest BCUT2D eigenvalue weighted by atomic mass is 10.1. The highest BCUT2D eigenvalue weighted by atomic mass is 16.5. The fourth-order valence-electron chi connectivity index (χ4n) is 1.77. The summed E-state index contributed by atoms with van der Waals surface area (Å²) >= 11 is 0. The Kier molecular flexibility index (Phi) is 3.51. The molecular formula is C10H16N4O2. The molecule has 2 heterocycles. The van der Waals surface area contributed by atoms with Crippen LogP contribution in [0.15, 0.2) is 4.52 Å². The zero-order valence-electron chi connectivity index (χ0n) is 9.32. The van der Waals surface area contributed by atoms with Crippen LogP contribution in [-0.4, -0.2) is 29.1 Å². The summed E-state index contributed by atoms with van der Waals surface area (Å²) in [6.07, 6.45) is 3.31. The highest BCUT2D eigenvalue weighted by molar-refractivity contribution is 5.90. The van der Waals surface area contributed by atoms with Gasteiger partial charge in [-0.25, -0.2) is 0 Å². The number of nitrogens with one attached hydrogen (secondary N) is 2. The molecule has 1 aromatic rings. The molecule has 1 aliphatic heterocycles. The van der Waals surface area contributed by atoms with Gasteiger partial charge in [0.1, 0.15) is 0 Å². The highest BCUT2D eigenvalue weighted by Gasteiger charge is 2.22. The van der Waals surface area contributed by atoms with Crippen molar-refractivity contribution >= 4 is 5.91 Å². The van der Waals surface area contributed by atoms with Crippen molar-refractivity contribution in [1.29, 1.82) is 0 Å². The number of nitrogens with zero attached hydrogens (tertiary/aromatic N) is 2. The molecule has 88 valence electrons. The summed E-state index contributed by atoms with van der Waals surface area (Å²) in [5.41, 5.74) is 0. The van der Waals surface area contributed by atoms with Crippen LogP contribution in [0.4, 0.5) is 0 Å². The Balaban J connectivity index is 2.03. The molecule has 1 fully saturated rings. The van der Waals surface area contributed by atoms with Gasteiger partial charge in [0.25, 0.3) is 11.7 Å². The van der Waals surface area contributed by atoms with Crippen LogP contribution < -0.4 is 10.6 Å². The molecule has 0 unspecified atom stereocenters. The predicted octanol–water partition coefficient (Wildman–Crippen LogP) is 0.634. The molecule has 1 amide bonds. The Bertz CT molecular complexity index is 357. The highest BCUT2D eigenvalue weighted by Crippen LogP contribution is 2.20. The third kappa shape index (κ3) is 2.38. The Hall–Kier alpha value is -1.43. The summed E-state index contributed by atoms with van der Waals surface area (Å²) in [4.78, 5) is 15.5. The molecule has 2 rings (SSSR count). The molecule has 2 N–H and O–H groups in total. The maximum atomic E-state index is 11.4. The van der Waals surface area contributed by atoms with Crippen molar-refractivity contribution in [3.63, 3.8) is 0 Å². The third-order valence-corrected chi connectivity index (χ3v) is 2.59. The number of hydrogen-bond donors (Lipinski definition) is 2. The summed E-state index contributed by atoms with van der Waals surface area (Å²) in [6, 6.07) is 0.101. The molecule has 0 saturated carbocycles. The SMILES string of the molecule is CCNC(=O)c1noc([C@@H]2CCCCN2)n1. The normalized spacial score (nSPS) is 20.7. The quantitative estimate of drug-likeness (QED) is 0.787. The number of hydrogen-bond acceptors (Lipinski definition) is 5. The monoisotopic (exact) mass is 224 g/mol. The minimum Gasteiger partial charge on any atom is -0.349 e. The van der Waals surface area contributed by atoms with E-state index < -0.39 is 0 Å². The molecule has 0 aliphatic carbocycles. The zero-order chi connectivity index (χ0) is 11.4. The molecule has 0 bridgehead atoms. The van der Waals surface area contributed by atoms with Gasteiger partial charge in [-0.15, -0.1) is 0 Å². The first kappa shape index (κ1) is 11.1. The van der Waals surface area contributed by atoms with Crippen molar-refractivity contribution in [3.05, 3.63) is 11.7 Å². The predicted molar refractivity (Wildman–Crippen MR) is 56.9 cm³/mol. The standard InChI is InChI=1S/C10H16N4O2/c1-2-11-9(15)8-13-10(16-14-8)7-5-3-4-6-12-7/h7,12H,2-6H2,1H3,(H,11,15)/t7-/m0/s1. The first-order valence-electron chi connectivity index (χ1n) is 5.66. The first-order chi connectivity index (χ1) is 7.81. The van der Waals surface area contributed by atoms with E-state index >= 15 is 0 Å². The topological polar surface area (TPSA) is 80.0 Å². The summed E-state index contributed by atoms with van der Waals surface area (Å²) in [5.74, 6) is 0.346. The van der Waals surface area contributed by atoms with Crippen molar-refractivity contribution in [3.8, 4) is 0 Å². The molecule has 16 heavy (non-hydrogen) atoms. The van der Waals surface area contributed by atoms with E-state index in [9.17, 15) is 4.79 Å². The van der Waals surface area contributed by atoms with E-state index in [-0.39, 0.29) is 17.8 Å². The van der Waals surface area contributed by atoms with Gasteiger partial charge in [-0.05, 0) is 26.3 Å².